The number of hydrogen-bond acceptors (Lipinski definition) is 3. The molecule has 120 valence electrons. The molecular weight excluding hydrogens is 372 g/mol. The Kier molecular flexibility index (Phi) is 4.12. The smallest absolute Gasteiger partial charge is 0.284 e. The molecule has 0 spiro atoms. The van der Waals surface area contributed by atoms with Gasteiger partial charge in [0.1, 0.15) is 10.3 Å². The van der Waals surface area contributed by atoms with Gasteiger partial charge in [0.05, 0.1) is 17.8 Å². The fraction of sp³-hybridized carbons (Fsp3) is 0.214. The molecule has 0 aliphatic rings. The molecule has 23 heavy (non-hydrogen) atoms. The predicted octanol–water partition coefficient (Wildman–Crippen LogP) is 2.95. The number of nitrogens with zero attached hydrogens (tertiary/aromatic N) is 4. The molecule has 3 rings (SSSR count). The quantitative estimate of drug-likeness (QED) is 0.753. The highest BCUT2D eigenvalue weighted by molar-refractivity contribution is 9.10. The van der Waals surface area contributed by atoms with E-state index in [9.17, 15) is 13.6 Å². The molecule has 0 fully saturated rings. The van der Waals surface area contributed by atoms with Crippen LogP contribution in [0.15, 0.2) is 35.2 Å². The standard InChI is InChI=1S/C14H12BrF2N5O/c1-21-7-9(12(20-21)14(16)17)19-11(23)6-8-13(15)22-5-3-2-4-10(22)18-8/h2-5,7,14H,6H2,1H3,(H,19,23). The highest BCUT2D eigenvalue weighted by Crippen LogP contribution is 2.25. The number of carbonyl (C=O) groups excluding carboxylic acids is 1. The first kappa shape index (κ1) is 15.6. The lowest BCUT2D eigenvalue weighted by Crippen LogP contribution is -2.15. The van der Waals surface area contributed by atoms with E-state index in [1.165, 1.54) is 17.9 Å². The van der Waals surface area contributed by atoms with E-state index < -0.39 is 18.0 Å². The second kappa shape index (κ2) is 6.07. The number of rotatable bonds is 4. The van der Waals surface area contributed by atoms with Crippen LogP contribution in [0.1, 0.15) is 17.8 Å². The zero-order valence-electron chi connectivity index (χ0n) is 12.0. The van der Waals surface area contributed by atoms with Gasteiger partial charge in [-0.2, -0.15) is 5.10 Å². The Morgan fingerprint density at radius 3 is 2.91 bits per heavy atom. The summed E-state index contributed by atoms with van der Waals surface area (Å²) in [7, 11) is 1.51. The summed E-state index contributed by atoms with van der Waals surface area (Å²) in [6.07, 6.45) is 0.357. The van der Waals surface area contributed by atoms with Gasteiger partial charge in [-0.25, -0.2) is 13.8 Å². The minimum absolute atomic E-state index is 0.00684. The van der Waals surface area contributed by atoms with Crippen molar-refractivity contribution in [3.63, 3.8) is 0 Å². The van der Waals surface area contributed by atoms with Gasteiger partial charge in [-0.15, -0.1) is 0 Å². The molecule has 3 aromatic heterocycles. The SMILES string of the molecule is Cn1cc(NC(=O)Cc2nc3ccccn3c2Br)c(C(F)F)n1. The average Bonchev–Trinajstić information content (AvgIpc) is 3.01. The largest absolute Gasteiger partial charge is 0.323 e. The molecule has 0 unspecified atom stereocenters. The Balaban J connectivity index is 1.80. The van der Waals surface area contributed by atoms with E-state index in [1.807, 2.05) is 24.4 Å². The fourth-order valence-corrected chi connectivity index (χ4v) is 2.77. The van der Waals surface area contributed by atoms with Crippen molar-refractivity contribution in [3.8, 4) is 0 Å². The molecule has 0 aliphatic heterocycles. The van der Waals surface area contributed by atoms with Crippen molar-refractivity contribution in [1.29, 1.82) is 0 Å². The number of alkyl halides is 2. The third kappa shape index (κ3) is 3.09. The number of aryl methyl sites for hydroxylation is 1. The summed E-state index contributed by atoms with van der Waals surface area (Å²) in [5, 5.41) is 6.11. The molecule has 3 aromatic rings. The topological polar surface area (TPSA) is 64.2 Å². The summed E-state index contributed by atoms with van der Waals surface area (Å²) in [5.74, 6) is -0.441. The number of amides is 1. The van der Waals surface area contributed by atoms with Crippen LogP contribution in [0.25, 0.3) is 5.65 Å². The first-order valence-electron chi connectivity index (χ1n) is 6.68. The van der Waals surface area contributed by atoms with Crippen molar-refractivity contribution in [1.82, 2.24) is 19.2 Å². The van der Waals surface area contributed by atoms with Gasteiger partial charge in [-0.1, -0.05) is 6.07 Å². The maximum Gasteiger partial charge on any atom is 0.284 e. The second-order valence-electron chi connectivity index (χ2n) is 4.91. The monoisotopic (exact) mass is 383 g/mol. The summed E-state index contributed by atoms with van der Waals surface area (Å²) in [5.41, 5.74) is 0.773. The van der Waals surface area contributed by atoms with E-state index in [0.717, 1.165) is 0 Å². The van der Waals surface area contributed by atoms with Crippen molar-refractivity contribution in [2.24, 2.45) is 7.05 Å². The van der Waals surface area contributed by atoms with Crippen molar-refractivity contribution in [2.45, 2.75) is 12.8 Å². The Hall–Kier alpha value is -2.29. The number of imidazole rings is 1. The lowest BCUT2D eigenvalue weighted by Gasteiger charge is -2.04. The van der Waals surface area contributed by atoms with Gasteiger partial charge in [-0.3, -0.25) is 13.9 Å². The molecule has 9 heteroatoms. The number of carbonyl (C=O) groups is 1. The normalized spacial score (nSPS) is 11.3. The minimum atomic E-state index is -2.76. The van der Waals surface area contributed by atoms with E-state index in [0.29, 0.717) is 15.9 Å². The fourth-order valence-electron chi connectivity index (χ4n) is 2.24. The van der Waals surface area contributed by atoms with E-state index in [2.05, 4.69) is 31.3 Å². The predicted molar refractivity (Wildman–Crippen MR) is 83.4 cm³/mol. The number of halogens is 3. The Morgan fingerprint density at radius 1 is 1.43 bits per heavy atom. The van der Waals surface area contributed by atoms with Crippen LogP contribution in [0.4, 0.5) is 14.5 Å². The summed E-state index contributed by atoms with van der Waals surface area (Å²) < 4.78 is 29.4. The van der Waals surface area contributed by atoms with Crippen LogP contribution in [0.5, 0.6) is 0 Å². The Morgan fingerprint density at radius 2 is 2.22 bits per heavy atom. The summed E-state index contributed by atoms with van der Waals surface area (Å²) in [4.78, 5) is 16.5. The number of pyridine rings is 1. The van der Waals surface area contributed by atoms with Crippen molar-refractivity contribution in [3.05, 3.63) is 46.6 Å². The Bertz CT molecular complexity index is 873. The number of nitrogens with one attached hydrogen (secondary N) is 1. The average molecular weight is 384 g/mol. The molecular formula is C14H12BrF2N5O. The Labute approximate surface area is 138 Å². The van der Waals surface area contributed by atoms with E-state index in [1.54, 1.807) is 4.40 Å². The number of anilines is 1. The molecule has 3 heterocycles. The van der Waals surface area contributed by atoms with Crippen molar-refractivity contribution in [2.75, 3.05) is 5.32 Å². The number of hydrogen-bond donors (Lipinski definition) is 1. The van der Waals surface area contributed by atoms with Crippen LogP contribution in [0, 0.1) is 0 Å². The highest BCUT2D eigenvalue weighted by Gasteiger charge is 2.20. The molecule has 6 nitrogen and oxygen atoms in total. The molecule has 1 N–H and O–H groups in total. The molecule has 1 amide bonds. The second-order valence-corrected chi connectivity index (χ2v) is 5.66. The summed E-state index contributed by atoms with van der Waals surface area (Å²) >= 11 is 3.39. The third-order valence-corrected chi connectivity index (χ3v) is 4.04. The third-order valence-electron chi connectivity index (χ3n) is 3.20. The highest BCUT2D eigenvalue weighted by atomic mass is 79.9. The molecule has 0 saturated heterocycles. The van der Waals surface area contributed by atoms with Crippen LogP contribution in [-0.2, 0) is 18.3 Å². The molecule has 0 radical (unpaired) electrons. The van der Waals surface area contributed by atoms with Crippen LogP contribution in [0.2, 0.25) is 0 Å². The first-order chi connectivity index (χ1) is 11.0. The van der Waals surface area contributed by atoms with Crippen molar-refractivity contribution < 1.29 is 13.6 Å². The molecule has 0 atom stereocenters. The summed E-state index contributed by atoms with van der Waals surface area (Å²) in [6, 6.07) is 5.49. The van der Waals surface area contributed by atoms with Gasteiger partial charge in [0.2, 0.25) is 5.91 Å². The molecule has 0 aromatic carbocycles. The van der Waals surface area contributed by atoms with Gasteiger partial charge >= 0.3 is 0 Å². The van der Waals surface area contributed by atoms with Gasteiger partial charge < -0.3 is 5.32 Å². The van der Waals surface area contributed by atoms with Crippen LogP contribution < -0.4 is 5.32 Å². The zero-order valence-corrected chi connectivity index (χ0v) is 13.6. The first-order valence-corrected chi connectivity index (χ1v) is 7.48. The van der Waals surface area contributed by atoms with E-state index >= 15 is 0 Å². The van der Waals surface area contributed by atoms with Gasteiger partial charge in [0.15, 0.2) is 5.69 Å². The maximum atomic E-state index is 12.9. The lowest BCUT2D eigenvalue weighted by molar-refractivity contribution is -0.115. The number of fused-ring (bicyclic) bond motifs is 1. The molecule has 0 saturated carbocycles. The molecule has 0 bridgehead atoms. The summed E-state index contributed by atoms with van der Waals surface area (Å²) in [6.45, 7) is 0. The number of aromatic nitrogens is 4. The van der Waals surface area contributed by atoms with Crippen LogP contribution in [-0.4, -0.2) is 25.1 Å². The van der Waals surface area contributed by atoms with E-state index in [-0.39, 0.29) is 12.1 Å². The molecule has 0 aliphatic carbocycles. The van der Waals surface area contributed by atoms with Crippen LogP contribution >= 0.6 is 15.9 Å². The van der Waals surface area contributed by atoms with Gasteiger partial charge in [-0.05, 0) is 28.1 Å². The van der Waals surface area contributed by atoms with Crippen LogP contribution in [0.3, 0.4) is 0 Å². The van der Waals surface area contributed by atoms with Gasteiger partial charge in [0, 0.05) is 19.4 Å². The van der Waals surface area contributed by atoms with E-state index in [4.69, 9.17) is 0 Å². The van der Waals surface area contributed by atoms with Crippen molar-refractivity contribution >= 4 is 33.2 Å². The lowest BCUT2D eigenvalue weighted by atomic mass is 10.3. The zero-order chi connectivity index (χ0) is 16.6. The van der Waals surface area contributed by atoms with Gasteiger partial charge in [0.25, 0.3) is 6.43 Å². The maximum absolute atomic E-state index is 12.9. The minimum Gasteiger partial charge on any atom is -0.323 e.